The van der Waals surface area contributed by atoms with Crippen molar-refractivity contribution in [2.45, 2.75) is 65.1 Å². The highest BCUT2D eigenvalue weighted by Gasteiger charge is 2.33. The van der Waals surface area contributed by atoms with E-state index in [0.717, 1.165) is 0 Å². The summed E-state index contributed by atoms with van der Waals surface area (Å²) in [4.78, 5) is 11.7. The summed E-state index contributed by atoms with van der Waals surface area (Å²) in [7, 11) is 0. The van der Waals surface area contributed by atoms with Crippen LogP contribution in [0.1, 0.15) is 57.7 Å². The molecule has 23 heavy (non-hydrogen) atoms. The number of benzene rings is 1. The molecular formula is C19H30N2O2. The number of carbonyl (C=O) groups excluding carboxylic acids is 1. The van der Waals surface area contributed by atoms with Gasteiger partial charge in [-0.2, -0.15) is 0 Å². The lowest BCUT2D eigenvalue weighted by Crippen LogP contribution is -2.42. The fourth-order valence-corrected chi connectivity index (χ4v) is 2.62. The van der Waals surface area contributed by atoms with Crippen molar-refractivity contribution in [1.29, 1.82) is 0 Å². The van der Waals surface area contributed by atoms with Crippen LogP contribution in [0.3, 0.4) is 0 Å². The summed E-state index contributed by atoms with van der Waals surface area (Å²) in [6.07, 6.45) is 2.19. The summed E-state index contributed by atoms with van der Waals surface area (Å²) in [6, 6.07) is 9.30. The Morgan fingerprint density at radius 3 is 2.39 bits per heavy atom. The second-order valence-corrected chi connectivity index (χ2v) is 7.68. The Balaban J connectivity index is 1.85. The second-order valence-electron chi connectivity index (χ2n) is 7.68. The van der Waals surface area contributed by atoms with Crippen LogP contribution in [0.2, 0.25) is 0 Å². The average Bonchev–Trinajstić information content (AvgIpc) is 3.26. The van der Waals surface area contributed by atoms with Crippen molar-refractivity contribution in [3.8, 4) is 0 Å². The Hall–Kier alpha value is -1.55. The highest BCUT2D eigenvalue weighted by molar-refractivity contribution is 5.67. The van der Waals surface area contributed by atoms with E-state index in [4.69, 9.17) is 4.74 Å². The lowest BCUT2D eigenvalue weighted by atomic mass is 10.0. The number of hydrogen-bond donors (Lipinski definition) is 2. The SMILES string of the molecule is Cc1ccc(C(NC(C)CNC(=O)OC(C)(C)C)C2CC2)cc1. The summed E-state index contributed by atoms with van der Waals surface area (Å²) in [5, 5.41) is 6.50. The largest absolute Gasteiger partial charge is 0.444 e. The molecule has 1 aromatic rings. The standard InChI is InChI=1S/C19H30N2O2/c1-13-6-8-15(9-7-13)17(16-10-11-16)21-14(2)12-20-18(22)23-19(3,4)5/h6-9,14,16-17,21H,10-12H2,1-5H3,(H,20,22). The molecule has 1 fully saturated rings. The molecule has 0 radical (unpaired) electrons. The molecule has 1 aliphatic carbocycles. The van der Waals surface area contributed by atoms with Crippen LogP contribution in [0.4, 0.5) is 4.79 Å². The molecule has 0 aliphatic heterocycles. The van der Waals surface area contributed by atoms with Crippen LogP contribution in [0.25, 0.3) is 0 Å². The third kappa shape index (κ3) is 6.22. The number of amides is 1. The van der Waals surface area contributed by atoms with Crippen molar-refractivity contribution in [3.63, 3.8) is 0 Å². The van der Waals surface area contributed by atoms with E-state index in [9.17, 15) is 4.79 Å². The lowest BCUT2D eigenvalue weighted by molar-refractivity contribution is 0.0522. The predicted octanol–water partition coefficient (Wildman–Crippen LogP) is 3.95. The lowest BCUT2D eigenvalue weighted by Gasteiger charge is -2.25. The van der Waals surface area contributed by atoms with E-state index < -0.39 is 5.60 Å². The van der Waals surface area contributed by atoms with Gasteiger partial charge in [-0.1, -0.05) is 29.8 Å². The van der Waals surface area contributed by atoms with Gasteiger partial charge in [-0.15, -0.1) is 0 Å². The minimum atomic E-state index is -0.459. The maximum absolute atomic E-state index is 11.7. The minimum Gasteiger partial charge on any atom is -0.444 e. The van der Waals surface area contributed by atoms with Crippen molar-refractivity contribution in [1.82, 2.24) is 10.6 Å². The first-order valence-corrected chi connectivity index (χ1v) is 8.54. The van der Waals surface area contributed by atoms with Crippen molar-refractivity contribution in [3.05, 3.63) is 35.4 Å². The van der Waals surface area contributed by atoms with E-state index in [-0.39, 0.29) is 12.1 Å². The third-order valence-corrected chi connectivity index (χ3v) is 3.95. The molecule has 0 heterocycles. The van der Waals surface area contributed by atoms with Gasteiger partial charge in [0.2, 0.25) is 0 Å². The number of nitrogens with one attached hydrogen (secondary N) is 2. The Bertz CT molecular complexity index is 515. The predicted molar refractivity (Wildman–Crippen MR) is 93.5 cm³/mol. The summed E-state index contributed by atoms with van der Waals surface area (Å²) in [5.41, 5.74) is 2.16. The summed E-state index contributed by atoms with van der Waals surface area (Å²) in [5.74, 6) is 0.710. The molecule has 2 atom stereocenters. The van der Waals surface area contributed by atoms with Crippen LogP contribution in [0, 0.1) is 12.8 Å². The molecule has 2 rings (SSSR count). The average molecular weight is 318 g/mol. The van der Waals surface area contributed by atoms with Crippen LogP contribution in [0.15, 0.2) is 24.3 Å². The molecule has 0 saturated heterocycles. The van der Waals surface area contributed by atoms with Crippen LogP contribution in [-0.4, -0.2) is 24.3 Å². The van der Waals surface area contributed by atoms with E-state index in [0.29, 0.717) is 18.5 Å². The van der Waals surface area contributed by atoms with E-state index >= 15 is 0 Å². The van der Waals surface area contributed by atoms with Crippen molar-refractivity contribution in [2.24, 2.45) is 5.92 Å². The Morgan fingerprint density at radius 1 is 1.26 bits per heavy atom. The molecule has 128 valence electrons. The minimum absolute atomic E-state index is 0.189. The summed E-state index contributed by atoms with van der Waals surface area (Å²) < 4.78 is 5.27. The maximum atomic E-state index is 11.7. The smallest absolute Gasteiger partial charge is 0.407 e. The normalized spacial score (nSPS) is 17.4. The highest BCUT2D eigenvalue weighted by atomic mass is 16.6. The van der Waals surface area contributed by atoms with Gasteiger partial charge in [0, 0.05) is 18.6 Å². The van der Waals surface area contributed by atoms with Crippen molar-refractivity contribution >= 4 is 6.09 Å². The monoisotopic (exact) mass is 318 g/mol. The molecule has 0 aromatic heterocycles. The van der Waals surface area contributed by atoms with Gasteiger partial charge in [0.15, 0.2) is 0 Å². The van der Waals surface area contributed by atoms with E-state index in [1.807, 2.05) is 20.8 Å². The van der Waals surface area contributed by atoms with Gasteiger partial charge in [0.1, 0.15) is 5.60 Å². The zero-order valence-electron chi connectivity index (χ0n) is 15.0. The zero-order chi connectivity index (χ0) is 17.0. The number of hydrogen-bond acceptors (Lipinski definition) is 3. The van der Waals surface area contributed by atoms with Crippen molar-refractivity contribution in [2.75, 3.05) is 6.54 Å². The van der Waals surface area contributed by atoms with E-state index in [1.54, 1.807) is 0 Å². The number of ether oxygens (including phenoxy) is 1. The molecule has 4 nitrogen and oxygen atoms in total. The van der Waals surface area contributed by atoms with Crippen molar-refractivity contribution < 1.29 is 9.53 Å². The summed E-state index contributed by atoms with van der Waals surface area (Å²) >= 11 is 0. The molecule has 1 aliphatic rings. The Morgan fingerprint density at radius 2 is 1.87 bits per heavy atom. The first-order chi connectivity index (χ1) is 10.7. The van der Waals surface area contributed by atoms with Crippen LogP contribution in [-0.2, 0) is 4.74 Å². The van der Waals surface area contributed by atoms with E-state index in [1.165, 1.54) is 24.0 Å². The number of alkyl carbamates (subject to hydrolysis) is 1. The van der Waals surface area contributed by atoms with Crippen LogP contribution >= 0.6 is 0 Å². The van der Waals surface area contributed by atoms with Crippen LogP contribution in [0.5, 0.6) is 0 Å². The number of aryl methyl sites for hydroxylation is 1. The molecule has 4 heteroatoms. The van der Waals surface area contributed by atoms with E-state index in [2.05, 4.69) is 48.7 Å². The quantitative estimate of drug-likeness (QED) is 0.835. The van der Waals surface area contributed by atoms with Gasteiger partial charge < -0.3 is 15.4 Å². The molecule has 2 unspecified atom stereocenters. The molecule has 2 N–H and O–H groups in total. The maximum Gasteiger partial charge on any atom is 0.407 e. The van der Waals surface area contributed by atoms with Crippen LogP contribution < -0.4 is 10.6 Å². The highest BCUT2D eigenvalue weighted by Crippen LogP contribution is 2.41. The Kier molecular flexibility index (Phi) is 5.69. The fraction of sp³-hybridized carbons (Fsp3) is 0.632. The zero-order valence-corrected chi connectivity index (χ0v) is 15.0. The van der Waals surface area contributed by atoms with Gasteiger partial charge in [0.05, 0.1) is 0 Å². The fourth-order valence-electron chi connectivity index (χ4n) is 2.62. The third-order valence-electron chi connectivity index (χ3n) is 3.95. The first-order valence-electron chi connectivity index (χ1n) is 8.54. The second kappa shape index (κ2) is 7.35. The van der Waals surface area contributed by atoms with Gasteiger partial charge >= 0.3 is 6.09 Å². The first kappa shape index (κ1) is 17.8. The van der Waals surface area contributed by atoms with Gasteiger partial charge in [-0.25, -0.2) is 4.79 Å². The van der Waals surface area contributed by atoms with Gasteiger partial charge in [-0.05, 0) is 58.9 Å². The number of rotatable bonds is 6. The number of carbonyl (C=O) groups is 1. The molecule has 1 saturated carbocycles. The Labute approximate surface area is 140 Å². The topological polar surface area (TPSA) is 50.4 Å². The van der Waals surface area contributed by atoms with Gasteiger partial charge in [0.25, 0.3) is 0 Å². The molecule has 0 bridgehead atoms. The molecular weight excluding hydrogens is 288 g/mol. The van der Waals surface area contributed by atoms with Gasteiger partial charge in [-0.3, -0.25) is 0 Å². The molecule has 1 aromatic carbocycles. The molecule has 0 spiro atoms. The summed E-state index contributed by atoms with van der Waals surface area (Å²) in [6.45, 7) is 10.4. The molecule has 1 amide bonds.